The minimum Gasteiger partial charge on any atom is -0.467 e. The quantitative estimate of drug-likeness (QED) is 0.629. The molecule has 0 aliphatic rings. The van der Waals surface area contributed by atoms with Crippen LogP contribution in [-0.2, 0) is 9.53 Å². The molecule has 0 N–H and O–H groups in total. The first-order valence-electron chi connectivity index (χ1n) is 6.83. The van der Waals surface area contributed by atoms with Crippen molar-refractivity contribution in [2.75, 3.05) is 21.2 Å². The fraction of sp³-hybridized carbons (Fsp3) is 0.467. The van der Waals surface area contributed by atoms with E-state index in [-0.39, 0.29) is 11.6 Å². The molecule has 128 valence electrons. The van der Waals surface area contributed by atoms with Gasteiger partial charge in [-0.3, -0.25) is 0 Å². The summed E-state index contributed by atoms with van der Waals surface area (Å²) in [7, 11) is 3.89. The number of amides is 2. The van der Waals surface area contributed by atoms with E-state index in [1.54, 1.807) is 13.8 Å². The standard InChI is InChI=1S/C15H19F3N2O3/c1-8(2)19(3)15(22)20(4)13(14(21)23-5)9-6-10(16)12(18)11(17)7-9/h6-8,13H,1-5H3. The maximum atomic E-state index is 13.4. The second-order valence-electron chi connectivity index (χ2n) is 5.32. The molecule has 0 bridgehead atoms. The van der Waals surface area contributed by atoms with Gasteiger partial charge in [-0.25, -0.2) is 22.8 Å². The number of nitrogens with zero attached hydrogens (tertiary/aromatic N) is 2. The molecule has 0 saturated heterocycles. The first-order valence-corrected chi connectivity index (χ1v) is 6.83. The van der Waals surface area contributed by atoms with Gasteiger partial charge in [0.25, 0.3) is 0 Å². The third-order valence-electron chi connectivity index (χ3n) is 3.51. The van der Waals surface area contributed by atoms with Crippen molar-refractivity contribution in [2.45, 2.75) is 25.9 Å². The molecule has 2 amide bonds. The summed E-state index contributed by atoms with van der Waals surface area (Å²) in [6, 6.07) is -0.790. The van der Waals surface area contributed by atoms with Crippen molar-refractivity contribution in [3.05, 3.63) is 35.1 Å². The number of carbonyl (C=O) groups excluding carboxylic acids is 2. The van der Waals surface area contributed by atoms with Crippen LogP contribution in [0.2, 0.25) is 0 Å². The Kier molecular flexibility index (Phi) is 6.00. The van der Waals surface area contributed by atoms with Crippen LogP contribution < -0.4 is 0 Å². The SMILES string of the molecule is COC(=O)C(c1cc(F)c(F)c(F)c1)N(C)C(=O)N(C)C(C)C. The van der Waals surface area contributed by atoms with Crippen molar-refractivity contribution in [2.24, 2.45) is 0 Å². The molecule has 1 aromatic carbocycles. The molecule has 1 unspecified atom stereocenters. The highest BCUT2D eigenvalue weighted by Gasteiger charge is 2.33. The molecule has 0 aliphatic carbocycles. The van der Waals surface area contributed by atoms with Gasteiger partial charge >= 0.3 is 12.0 Å². The van der Waals surface area contributed by atoms with E-state index in [4.69, 9.17) is 0 Å². The minimum atomic E-state index is -1.65. The van der Waals surface area contributed by atoms with Gasteiger partial charge in [0, 0.05) is 20.1 Å². The van der Waals surface area contributed by atoms with Crippen molar-refractivity contribution in [3.8, 4) is 0 Å². The Morgan fingerprint density at radius 1 is 1.04 bits per heavy atom. The van der Waals surface area contributed by atoms with E-state index < -0.39 is 35.5 Å². The number of esters is 1. The van der Waals surface area contributed by atoms with Crippen LogP contribution in [0.1, 0.15) is 25.5 Å². The van der Waals surface area contributed by atoms with Crippen LogP contribution >= 0.6 is 0 Å². The van der Waals surface area contributed by atoms with E-state index in [1.807, 2.05) is 0 Å². The topological polar surface area (TPSA) is 49.9 Å². The summed E-state index contributed by atoms with van der Waals surface area (Å²) in [5.41, 5.74) is -0.221. The molecule has 0 spiro atoms. The molecule has 8 heteroatoms. The fourth-order valence-electron chi connectivity index (χ4n) is 1.94. The number of likely N-dealkylation sites (N-methyl/N-ethyl adjacent to an activating group) is 1. The molecule has 1 rings (SSSR count). The highest BCUT2D eigenvalue weighted by Crippen LogP contribution is 2.25. The monoisotopic (exact) mass is 332 g/mol. The maximum Gasteiger partial charge on any atom is 0.333 e. The van der Waals surface area contributed by atoms with E-state index in [0.717, 1.165) is 12.0 Å². The zero-order valence-electron chi connectivity index (χ0n) is 13.6. The third-order valence-corrected chi connectivity index (χ3v) is 3.51. The van der Waals surface area contributed by atoms with Gasteiger partial charge in [-0.2, -0.15) is 0 Å². The maximum absolute atomic E-state index is 13.4. The Labute approximate surface area is 132 Å². The van der Waals surface area contributed by atoms with Gasteiger partial charge in [0.05, 0.1) is 7.11 Å². The van der Waals surface area contributed by atoms with Crippen LogP contribution in [0.5, 0.6) is 0 Å². The van der Waals surface area contributed by atoms with Gasteiger partial charge in [-0.05, 0) is 31.5 Å². The molecule has 0 saturated carbocycles. The molecular weight excluding hydrogens is 313 g/mol. The fourth-order valence-corrected chi connectivity index (χ4v) is 1.94. The summed E-state index contributed by atoms with van der Waals surface area (Å²) in [4.78, 5) is 26.6. The zero-order chi connectivity index (χ0) is 17.9. The first kappa shape index (κ1) is 18.8. The van der Waals surface area contributed by atoms with E-state index in [1.165, 1.54) is 19.0 Å². The van der Waals surface area contributed by atoms with E-state index in [2.05, 4.69) is 4.74 Å². The number of hydrogen-bond acceptors (Lipinski definition) is 3. The third kappa shape index (κ3) is 3.94. The van der Waals surface area contributed by atoms with Gasteiger partial charge in [0.15, 0.2) is 23.5 Å². The molecular formula is C15H19F3N2O3. The average molecular weight is 332 g/mol. The van der Waals surface area contributed by atoms with E-state index >= 15 is 0 Å². The summed E-state index contributed by atoms with van der Waals surface area (Å²) in [6.07, 6.45) is 0. The van der Waals surface area contributed by atoms with Crippen molar-refractivity contribution in [3.63, 3.8) is 0 Å². The summed E-state index contributed by atoms with van der Waals surface area (Å²) >= 11 is 0. The van der Waals surface area contributed by atoms with Crippen LogP contribution in [0, 0.1) is 17.5 Å². The van der Waals surface area contributed by atoms with Crippen LogP contribution in [0.4, 0.5) is 18.0 Å². The molecule has 23 heavy (non-hydrogen) atoms. The Morgan fingerprint density at radius 3 is 1.91 bits per heavy atom. The van der Waals surface area contributed by atoms with Crippen LogP contribution in [0.15, 0.2) is 12.1 Å². The molecule has 0 aliphatic heterocycles. The van der Waals surface area contributed by atoms with E-state index in [9.17, 15) is 22.8 Å². The number of carbonyl (C=O) groups is 2. The van der Waals surface area contributed by atoms with Crippen LogP contribution in [0.3, 0.4) is 0 Å². The average Bonchev–Trinajstić information content (AvgIpc) is 2.50. The molecule has 1 atom stereocenters. The second-order valence-corrected chi connectivity index (χ2v) is 5.32. The van der Waals surface area contributed by atoms with Crippen molar-refractivity contribution < 1.29 is 27.5 Å². The van der Waals surface area contributed by atoms with Gasteiger partial charge in [0.1, 0.15) is 0 Å². The number of benzene rings is 1. The highest BCUT2D eigenvalue weighted by molar-refractivity contribution is 5.84. The van der Waals surface area contributed by atoms with Gasteiger partial charge < -0.3 is 14.5 Å². The summed E-state index contributed by atoms with van der Waals surface area (Å²) in [5, 5.41) is 0. The Morgan fingerprint density at radius 2 is 1.52 bits per heavy atom. The predicted octanol–water partition coefficient (Wildman–Crippen LogP) is 2.71. The zero-order valence-corrected chi connectivity index (χ0v) is 13.6. The predicted molar refractivity (Wildman–Crippen MR) is 77.1 cm³/mol. The molecule has 0 fully saturated rings. The lowest BCUT2D eigenvalue weighted by molar-refractivity contribution is -0.146. The van der Waals surface area contributed by atoms with Crippen molar-refractivity contribution in [1.82, 2.24) is 9.80 Å². The number of methoxy groups -OCH3 is 1. The normalized spacial score (nSPS) is 12.0. The number of rotatable bonds is 4. The smallest absolute Gasteiger partial charge is 0.333 e. The molecule has 0 heterocycles. The minimum absolute atomic E-state index is 0.162. The number of halogens is 3. The molecule has 1 aromatic rings. The summed E-state index contributed by atoms with van der Waals surface area (Å²) < 4.78 is 44.6. The first-order chi connectivity index (χ1) is 10.6. The Balaban J connectivity index is 3.30. The number of ether oxygens (including phenoxy) is 1. The highest BCUT2D eigenvalue weighted by atomic mass is 19.2. The largest absolute Gasteiger partial charge is 0.467 e. The number of hydrogen-bond donors (Lipinski definition) is 0. The lowest BCUT2D eigenvalue weighted by Gasteiger charge is -2.32. The van der Waals surface area contributed by atoms with Crippen molar-refractivity contribution in [1.29, 1.82) is 0 Å². The van der Waals surface area contributed by atoms with Gasteiger partial charge in [-0.15, -0.1) is 0 Å². The van der Waals surface area contributed by atoms with Crippen LogP contribution in [-0.4, -0.2) is 49.0 Å². The lowest BCUT2D eigenvalue weighted by Crippen LogP contribution is -2.46. The Hall–Kier alpha value is -2.25. The molecule has 0 aromatic heterocycles. The van der Waals surface area contributed by atoms with Crippen LogP contribution in [0.25, 0.3) is 0 Å². The van der Waals surface area contributed by atoms with Crippen molar-refractivity contribution >= 4 is 12.0 Å². The second kappa shape index (κ2) is 7.34. The number of urea groups is 1. The summed E-state index contributed by atoms with van der Waals surface area (Å²) in [6.45, 7) is 3.52. The Bertz CT molecular complexity index is 585. The molecule has 0 radical (unpaired) electrons. The van der Waals surface area contributed by atoms with Gasteiger partial charge in [-0.1, -0.05) is 0 Å². The van der Waals surface area contributed by atoms with Gasteiger partial charge in [0.2, 0.25) is 0 Å². The van der Waals surface area contributed by atoms with E-state index in [0.29, 0.717) is 12.1 Å². The summed E-state index contributed by atoms with van der Waals surface area (Å²) in [5.74, 6) is -5.45. The molecule has 5 nitrogen and oxygen atoms in total. The lowest BCUT2D eigenvalue weighted by atomic mass is 10.1.